The average Bonchev–Trinajstić information content (AvgIpc) is 3.11. The van der Waals surface area contributed by atoms with Gasteiger partial charge in [-0.2, -0.15) is 0 Å². The van der Waals surface area contributed by atoms with Crippen molar-refractivity contribution in [3.05, 3.63) is 89.5 Å². The van der Waals surface area contributed by atoms with Gasteiger partial charge < -0.3 is 19.7 Å². The molecule has 1 amide bonds. The summed E-state index contributed by atoms with van der Waals surface area (Å²) in [5.41, 5.74) is 1.31. The number of aliphatic hydroxyl groups is 1. The molecule has 7 nitrogen and oxygen atoms in total. The van der Waals surface area contributed by atoms with Crippen LogP contribution in [0.1, 0.15) is 31.0 Å². The van der Waals surface area contributed by atoms with Gasteiger partial charge in [0.2, 0.25) is 0 Å². The minimum absolute atomic E-state index is 0.0499. The minimum atomic E-state index is -0.947. The molecule has 0 aromatic heterocycles. The van der Waals surface area contributed by atoms with Crippen molar-refractivity contribution in [3.63, 3.8) is 0 Å². The normalized spacial score (nSPS) is 17.1. The molecule has 1 aliphatic rings. The van der Waals surface area contributed by atoms with Gasteiger partial charge in [-0.15, -0.1) is 0 Å². The molecule has 1 fully saturated rings. The molecule has 1 aliphatic heterocycles. The van der Waals surface area contributed by atoms with Crippen LogP contribution in [0.3, 0.4) is 0 Å². The molecule has 2 N–H and O–H groups in total. The number of aliphatic hydroxyl groups excluding tert-OH is 1. The van der Waals surface area contributed by atoms with Crippen molar-refractivity contribution in [2.24, 2.45) is 0 Å². The van der Waals surface area contributed by atoms with Gasteiger partial charge in [0.15, 0.2) is 11.5 Å². The first-order valence-electron chi connectivity index (χ1n) is 11.0. The number of hydrogen-bond acceptors (Lipinski definition) is 6. The summed E-state index contributed by atoms with van der Waals surface area (Å²) < 4.78 is 11.1. The van der Waals surface area contributed by atoms with E-state index < -0.39 is 17.7 Å². The van der Waals surface area contributed by atoms with Gasteiger partial charge in [0.25, 0.3) is 11.7 Å². The maximum atomic E-state index is 13.3. The predicted octanol–water partition coefficient (Wildman–Crippen LogP) is 4.82. The van der Waals surface area contributed by atoms with Crippen molar-refractivity contribution in [1.82, 2.24) is 0 Å². The van der Waals surface area contributed by atoms with Crippen molar-refractivity contribution in [2.45, 2.75) is 19.9 Å². The van der Waals surface area contributed by atoms with Gasteiger partial charge in [-0.25, -0.2) is 0 Å². The molecule has 34 heavy (non-hydrogen) atoms. The Morgan fingerprint density at radius 3 is 2.35 bits per heavy atom. The number of rotatable bonds is 7. The van der Waals surface area contributed by atoms with Gasteiger partial charge in [0, 0.05) is 17.3 Å². The highest BCUT2D eigenvalue weighted by atomic mass is 16.5. The van der Waals surface area contributed by atoms with Crippen LogP contribution in [0.4, 0.5) is 5.69 Å². The van der Waals surface area contributed by atoms with Crippen LogP contribution in [0, 0.1) is 0 Å². The van der Waals surface area contributed by atoms with Crippen LogP contribution < -0.4 is 14.4 Å². The Morgan fingerprint density at radius 1 is 0.912 bits per heavy atom. The topological polar surface area (TPSA) is 96.3 Å². The SMILES string of the molecule is CCOc1cccc(N2C(=O)C(=O)/C(=C(\O)c3ccccc3)C2c2ccc(O)c(OCC)c2)c1. The fourth-order valence-electron chi connectivity index (χ4n) is 4.03. The number of hydrogen-bond donors (Lipinski definition) is 2. The van der Waals surface area contributed by atoms with Gasteiger partial charge >= 0.3 is 0 Å². The second-order valence-corrected chi connectivity index (χ2v) is 7.63. The fraction of sp³-hybridized carbons (Fsp3) is 0.185. The van der Waals surface area contributed by atoms with Gasteiger partial charge in [-0.1, -0.05) is 42.5 Å². The molecular weight excluding hydrogens is 434 g/mol. The van der Waals surface area contributed by atoms with Gasteiger partial charge in [0.05, 0.1) is 24.8 Å². The second kappa shape index (κ2) is 9.70. The summed E-state index contributed by atoms with van der Waals surface area (Å²) in [5.74, 6) is -1.17. The number of carbonyl (C=O) groups excluding carboxylic acids is 2. The standard InChI is InChI=1S/C27H25NO6/c1-3-33-20-12-8-11-19(16-20)28-24(18-13-14-21(29)22(15-18)34-4-2)23(26(31)27(28)32)25(30)17-9-6-5-7-10-17/h5-16,24,29-30H,3-4H2,1-2H3/b25-23-. The highest BCUT2D eigenvalue weighted by Crippen LogP contribution is 2.44. The van der Waals surface area contributed by atoms with E-state index in [0.29, 0.717) is 35.8 Å². The number of anilines is 1. The van der Waals surface area contributed by atoms with Crippen LogP contribution in [-0.4, -0.2) is 35.1 Å². The van der Waals surface area contributed by atoms with E-state index in [0.717, 1.165) is 0 Å². The summed E-state index contributed by atoms with van der Waals surface area (Å²) in [6.07, 6.45) is 0. The van der Waals surface area contributed by atoms with Crippen molar-refractivity contribution in [2.75, 3.05) is 18.1 Å². The molecular formula is C27H25NO6. The summed E-state index contributed by atoms with van der Waals surface area (Å²) in [6, 6.07) is 19.1. The van der Waals surface area contributed by atoms with Crippen molar-refractivity contribution < 1.29 is 29.3 Å². The lowest BCUT2D eigenvalue weighted by atomic mass is 9.94. The Kier molecular flexibility index (Phi) is 6.54. The molecule has 7 heteroatoms. The van der Waals surface area contributed by atoms with Gasteiger partial charge in [0.1, 0.15) is 11.5 Å². The monoisotopic (exact) mass is 459 g/mol. The first kappa shape index (κ1) is 22.9. The van der Waals surface area contributed by atoms with Crippen LogP contribution in [0.5, 0.6) is 17.2 Å². The second-order valence-electron chi connectivity index (χ2n) is 7.63. The quantitative estimate of drug-likeness (QED) is 0.299. The van der Waals surface area contributed by atoms with E-state index in [2.05, 4.69) is 0 Å². The lowest BCUT2D eigenvalue weighted by molar-refractivity contribution is -0.132. The number of carbonyl (C=O) groups is 2. The number of phenolic OH excluding ortho intramolecular Hbond substituents is 1. The van der Waals surface area contributed by atoms with E-state index in [1.807, 2.05) is 6.92 Å². The van der Waals surface area contributed by atoms with Crippen molar-refractivity contribution in [1.29, 1.82) is 0 Å². The molecule has 0 spiro atoms. The zero-order valence-electron chi connectivity index (χ0n) is 18.9. The highest BCUT2D eigenvalue weighted by molar-refractivity contribution is 6.51. The smallest absolute Gasteiger partial charge is 0.300 e. The van der Waals surface area contributed by atoms with E-state index in [1.54, 1.807) is 73.7 Å². The third kappa shape index (κ3) is 4.20. The van der Waals surface area contributed by atoms with Crippen LogP contribution >= 0.6 is 0 Å². The number of Topliss-reactive ketones (excluding diaryl/α,β-unsaturated/α-hetero) is 1. The Bertz CT molecular complexity index is 1250. The molecule has 0 radical (unpaired) electrons. The van der Waals surface area contributed by atoms with Crippen LogP contribution in [0.25, 0.3) is 5.76 Å². The summed E-state index contributed by atoms with van der Waals surface area (Å²) in [4.78, 5) is 27.9. The van der Waals surface area contributed by atoms with Crippen molar-refractivity contribution in [3.8, 4) is 17.2 Å². The number of phenols is 1. The molecule has 3 aromatic rings. The predicted molar refractivity (Wildman–Crippen MR) is 128 cm³/mol. The number of ketones is 1. The lowest BCUT2D eigenvalue weighted by Crippen LogP contribution is -2.29. The molecule has 174 valence electrons. The average molecular weight is 459 g/mol. The maximum absolute atomic E-state index is 13.3. The number of benzene rings is 3. The number of nitrogens with zero attached hydrogens (tertiary/aromatic N) is 1. The number of amides is 1. The van der Waals surface area contributed by atoms with E-state index >= 15 is 0 Å². The first-order chi connectivity index (χ1) is 16.5. The van der Waals surface area contributed by atoms with Crippen LogP contribution in [0.15, 0.2) is 78.4 Å². The molecule has 0 aliphatic carbocycles. The molecule has 1 atom stereocenters. The summed E-state index contributed by atoms with van der Waals surface area (Å²) >= 11 is 0. The Balaban J connectivity index is 1.94. The fourth-order valence-corrected chi connectivity index (χ4v) is 4.03. The third-order valence-corrected chi connectivity index (χ3v) is 5.50. The third-order valence-electron chi connectivity index (χ3n) is 5.50. The summed E-state index contributed by atoms with van der Waals surface area (Å²) in [6.45, 7) is 4.39. The molecule has 0 saturated carbocycles. The van der Waals surface area contributed by atoms with Gasteiger partial charge in [-0.05, 0) is 43.7 Å². The van der Waals surface area contributed by atoms with Crippen molar-refractivity contribution >= 4 is 23.1 Å². The highest BCUT2D eigenvalue weighted by Gasteiger charge is 2.47. The first-order valence-corrected chi connectivity index (χ1v) is 11.0. The number of ether oxygens (including phenoxy) is 2. The van der Waals surface area contributed by atoms with Crippen LogP contribution in [0.2, 0.25) is 0 Å². The Labute approximate surface area is 197 Å². The molecule has 3 aromatic carbocycles. The Hall–Kier alpha value is -4.26. The summed E-state index contributed by atoms with van der Waals surface area (Å²) in [5, 5.41) is 21.3. The zero-order valence-corrected chi connectivity index (χ0v) is 18.9. The summed E-state index contributed by atoms with van der Waals surface area (Å²) in [7, 11) is 0. The molecule has 1 heterocycles. The van der Waals surface area contributed by atoms with E-state index in [-0.39, 0.29) is 22.8 Å². The van der Waals surface area contributed by atoms with E-state index in [4.69, 9.17) is 9.47 Å². The molecule has 4 rings (SSSR count). The minimum Gasteiger partial charge on any atom is -0.507 e. The largest absolute Gasteiger partial charge is 0.507 e. The maximum Gasteiger partial charge on any atom is 0.300 e. The van der Waals surface area contributed by atoms with Gasteiger partial charge in [-0.3, -0.25) is 14.5 Å². The molecule has 0 bridgehead atoms. The van der Waals surface area contributed by atoms with E-state index in [9.17, 15) is 19.8 Å². The Morgan fingerprint density at radius 2 is 1.65 bits per heavy atom. The lowest BCUT2D eigenvalue weighted by Gasteiger charge is -2.26. The van der Waals surface area contributed by atoms with Crippen LogP contribution in [-0.2, 0) is 9.59 Å². The zero-order chi connectivity index (χ0) is 24.2. The molecule has 1 saturated heterocycles. The molecule has 1 unspecified atom stereocenters. The number of aromatic hydroxyl groups is 1. The van der Waals surface area contributed by atoms with E-state index in [1.165, 1.54) is 11.0 Å².